The molecule has 0 radical (unpaired) electrons. The Morgan fingerprint density at radius 2 is 1.41 bits per heavy atom. The zero-order valence-corrected chi connectivity index (χ0v) is 27.8. The molecule has 0 saturated carbocycles. The number of aliphatic imine (C=N–C) groups is 2. The number of rotatable bonds is 14. The molecule has 19 heteroatoms. The van der Waals surface area contributed by atoms with Crippen molar-refractivity contribution >= 4 is 59.0 Å². The first-order valence-electron chi connectivity index (χ1n) is 15.9. The van der Waals surface area contributed by atoms with Crippen molar-refractivity contribution in [1.29, 1.82) is 0 Å². The minimum Gasteiger partial charge on any atom is -0.460 e. The van der Waals surface area contributed by atoms with Gasteiger partial charge in [0.2, 0.25) is 11.8 Å². The lowest BCUT2D eigenvalue weighted by atomic mass is 10.0. The topological polar surface area (TPSA) is 289 Å². The summed E-state index contributed by atoms with van der Waals surface area (Å²) in [5.41, 5.74) is 23.0. The highest BCUT2D eigenvalue weighted by Crippen LogP contribution is 2.19. The Morgan fingerprint density at radius 3 is 1.94 bits per heavy atom. The Kier molecular flexibility index (Phi) is 12.7. The third kappa shape index (κ3) is 10.8. The second kappa shape index (κ2) is 17.3. The van der Waals surface area contributed by atoms with Crippen LogP contribution in [0.3, 0.4) is 0 Å². The molecular formula is C32H40N10O9. The maximum Gasteiger partial charge on any atom is 0.509 e. The Labute approximate surface area is 292 Å². The smallest absolute Gasteiger partial charge is 0.460 e. The van der Waals surface area contributed by atoms with E-state index in [1.54, 1.807) is 31.2 Å². The number of benzene rings is 2. The first-order chi connectivity index (χ1) is 24.3. The summed E-state index contributed by atoms with van der Waals surface area (Å²) >= 11 is 0. The molecule has 3 atom stereocenters. The van der Waals surface area contributed by atoms with Crippen LogP contribution in [0.1, 0.15) is 40.5 Å². The lowest BCUT2D eigenvalue weighted by Crippen LogP contribution is -2.61. The molecule has 2 heterocycles. The molecule has 0 spiro atoms. The van der Waals surface area contributed by atoms with Gasteiger partial charge in [0.05, 0.1) is 17.9 Å². The number of carbonyl (C=O) groups is 6. The van der Waals surface area contributed by atoms with E-state index in [0.717, 1.165) is 0 Å². The van der Waals surface area contributed by atoms with Crippen molar-refractivity contribution in [3.63, 3.8) is 0 Å². The van der Waals surface area contributed by atoms with Crippen molar-refractivity contribution in [1.82, 2.24) is 20.4 Å². The zero-order chi connectivity index (χ0) is 37.1. The van der Waals surface area contributed by atoms with Gasteiger partial charge in [0.25, 0.3) is 11.8 Å². The first-order valence-corrected chi connectivity index (χ1v) is 15.9. The van der Waals surface area contributed by atoms with E-state index in [0.29, 0.717) is 16.9 Å². The summed E-state index contributed by atoms with van der Waals surface area (Å²) < 4.78 is 15.0. The van der Waals surface area contributed by atoms with Gasteiger partial charge in [-0.2, -0.15) is 0 Å². The second-order valence-corrected chi connectivity index (χ2v) is 11.5. The lowest BCUT2D eigenvalue weighted by Gasteiger charge is -2.40. The first kappa shape index (κ1) is 37.4. The molecule has 10 N–H and O–H groups in total. The van der Waals surface area contributed by atoms with Crippen LogP contribution >= 0.6 is 0 Å². The highest BCUT2D eigenvalue weighted by molar-refractivity contribution is 5.98. The summed E-state index contributed by atoms with van der Waals surface area (Å²) in [7, 11) is 0. The van der Waals surface area contributed by atoms with Crippen LogP contribution in [0, 0.1) is 0 Å². The summed E-state index contributed by atoms with van der Waals surface area (Å²) in [5.74, 6) is -2.95. The van der Waals surface area contributed by atoms with Crippen LogP contribution in [-0.4, -0.2) is 115 Å². The fraction of sp³-hybridized carbons (Fsp3) is 0.375. The molecule has 0 bridgehead atoms. The third-order valence-electron chi connectivity index (χ3n) is 7.80. The molecule has 0 aliphatic carbocycles. The van der Waals surface area contributed by atoms with Crippen LogP contribution in [0.5, 0.6) is 0 Å². The molecule has 2 aliphatic heterocycles. The molecule has 19 nitrogen and oxygen atoms in total. The van der Waals surface area contributed by atoms with Gasteiger partial charge >= 0.3 is 12.1 Å². The Balaban J connectivity index is 1.36. The summed E-state index contributed by atoms with van der Waals surface area (Å²) in [6.45, 7) is 0.754. The van der Waals surface area contributed by atoms with E-state index < -0.39 is 61.2 Å². The predicted molar refractivity (Wildman–Crippen MR) is 182 cm³/mol. The number of nitrogens with two attached hydrogens (primary N) is 4. The molecule has 2 aromatic carbocycles. The van der Waals surface area contributed by atoms with Crippen molar-refractivity contribution in [2.75, 3.05) is 39.3 Å². The van der Waals surface area contributed by atoms with Crippen molar-refractivity contribution in [2.24, 2.45) is 32.9 Å². The summed E-state index contributed by atoms with van der Waals surface area (Å²) in [4.78, 5) is 86.8. The van der Waals surface area contributed by atoms with Gasteiger partial charge in [-0.05, 0) is 68.3 Å². The van der Waals surface area contributed by atoms with Gasteiger partial charge < -0.3 is 57.6 Å². The average Bonchev–Trinajstić information content (AvgIpc) is 3.41. The molecular weight excluding hydrogens is 668 g/mol. The van der Waals surface area contributed by atoms with Crippen LogP contribution in [0.25, 0.3) is 0 Å². The monoisotopic (exact) mass is 708 g/mol. The van der Waals surface area contributed by atoms with E-state index in [2.05, 4.69) is 20.6 Å². The number of amides is 4. The number of hydrogen-bond acceptors (Lipinski definition) is 11. The van der Waals surface area contributed by atoms with Crippen LogP contribution in [0.15, 0.2) is 58.5 Å². The number of hydrogen-bond donors (Lipinski definition) is 6. The van der Waals surface area contributed by atoms with Gasteiger partial charge in [0.1, 0.15) is 25.3 Å². The van der Waals surface area contributed by atoms with Crippen molar-refractivity contribution in [2.45, 2.75) is 38.0 Å². The fourth-order valence-electron chi connectivity index (χ4n) is 5.23. The van der Waals surface area contributed by atoms with Crippen LogP contribution in [0.4, 0.5) is 16.2 Å². The van der Waals surface area contributed by atoms with E-state index in [1.807, 2.05) is 0 Å². The van der Waals surface area contributed by atoms with Gasteiger partial charge in [-0.15, -0.1) is 0 Å². The van der Waals surface area contributed by atoms with Gasteiger partial charge in [-0.25, -0.2) is 14.8 Å². The van der Waals surface area contributed by atoms with Gasteiger partial charge in [-0.1, -0.05) is 0 Å². The Bertz CT molecular complexity index is 1670. The molecule has 51 heavy (non-hydrogen) atoms. The average molecular weight is 709 g/mol. The standard InChI is InChI=1S/C32H40N10O9/c1-18-24(51-32(48)50-18)17-49-26(44)16-41-13-14-42(25(43)15-38-28(46)20-6-10-22(11-7-20)40-31(35)36)23(29(41)47)3-2-12-37-27(45)19-4-8-21(9-5-19)39-30(33)34/h4-11,18,23-24H,2-3,12-17H2,1H3,(H,37,45)(H,38,46)(H4,33,34,39)(H4,35,36,40)/t18?,23-,24?/m0/s1. The number of ether oxygens (including phenoxy) is 3. The summed E-state index contributed by atoms with van der Waals surface area (Å²) in [6.07, 6.45) is -1.84. The number of nitrogens with one attached hydrogen (secondary N) is 2. The second-order valence-electron chi connectivity index (χ2n) is 11.5. The molecule has 4 amide bonds. The number of cyclic esters (lactones) is 2. The quantitative estimate of drug-likeness (QED) is 0.0591. The SMILES string of the molecule is CC1OC(=O)OC1COC(=O)CN1CCN(C(=O)CNC(=O)c2ccc(N=C(N)N)cc2)[C@@H](CCCNC(=O)c2ccc(N=C(N)N)cc2)C1=O. The summed E-state index contributed by atoms with van der Waals surface area (Å²) in [6, 6.07) is 11.3. The van der Waals surface area contributed by atoms with Crippen LogP contribution in [0.2, 0.25) is 0 Å². The van der Waals surface area contributed by atoms with Crippen LogP contribution < -0.4 is 33.6 Å². The number of carbonyl (C=O) groups excluding carboxylic acids is 6. The number of piperazine rings is 1. The highest BCUT2D eigenvalue weighted by Gasteiger charge is 2.39. The van der Waals surface area contributed by atoms with E-state index in [1.165, 1.54) is 34.1 Å². The minimum atomic E-state index is -1.00. The maximum atomic E-state index is 13.7. The Morgan fingerprint density at radius 1 is 0.843 bits per heavy atom. The van der Waals surface area contributed by atoms with Crippen molar-refractivity contribution in [3.05, 3.63) is 59.7 Å². The Hall–Kier alpha value is -6.40. The highest BCUT2D eigenvalue weighted by atomic mass is 16.8. The van der Waals surface area contributed by atoms with E-state index in [9.17, 15) is 28.8 Å². The molecule has 4 rings (SSSR count). The lowest BCUT2D eigenvalue weighted by molar-refractivity contribution is -0.158. The molecule has 2 aromatic rings. The zero-order valence-electron chi connectivity index (χ0n) is 27.8. The van der Waals surface area contributed by atoms with E-state index >= 15 is 0 Å². The number of nitrogens with zero attached hydrogens (tertiary/aromatic N) is 4. The molecule has 2 unspecified atom stereocenters. The van der Waals surface area contributed by atoms with Crippen molar-refractivity contribution in [3.8, 4) is 0 Å². The molecule has 2 fully saturated rings. The normalized spacial score (nSPS) is 18.2. The van der Waals surface area contributed by atoms with Gasteiger partial charge in [-0.3, -0.25) is 24.0 Å². The number of esters is 1. The van der Waals surface area contributed by atoms with Gasteiger partial charge in [0.15, 0.2) is 18.0 Å². The van der Waals surface area contributed by atoms with Crippen LogP contribution in [-0.2, 0) is 28.6 Å². The van der Waals surface area contributed by atoms with E-state index in [-0.39, 0.29) is 62.5 Å². The van der Waals surface area contributed by atoms with Gasteiger partial charge in [0, 0.05) is 30.8 Å². The summed E-state index contributed by atoms with van der Waals surface area (Å²) in [5, 5.41) is 5.33. The molecule has 2 saturated heterocycles. The minimum absolute atomic E-state index is 0.0148. The predicted octanol–water partition coefficient (Wildman–Crippen LogP) is -1.06. The molecule has 272 valence electrons. The fourth-order valence-corrected chi connectivity index (χ4v) is 5.23. The maximum absolute atomic E-state index is 13.7. The molecule has 0 aromatic heterocycles. The third-order valence-corrected chi connectivity index (χ3v) is 7.80. The molecule has 2 aliphatic rings. The number of guanidine groups is 2. The largest absolute Gasteiger partial charge is 0.509 e. The van der Waals surface area contributed by atoms with Crippen molar-refractivity contribution < 1.29 is 43.0 Å². The van der Waals surface area contributed by atoms with E-state index in [4.69, 9.17) is 37.1 Å².